The second kappa shape index (κ2) is 8.41. The molecule has 0 spiro atoms. The summed E-state index contributed by atoms with van der Waals surface area (Å²) >= 11 is 0. The fourth-order valence-electron chi connectivity index (χ4n) is 3.68. The highest BCUT2D eigenvalue weighted by Gasteiger charge is 2.34. The molecule has 2 aromatic heterocycles. The number of pyridine rings is 2. The van der Waals surface area contributed by atoms with Crippen LogP contribution in [0.25, 0.3) is 11.1 Å². The van der Waals surface area contributed by atoms with E-state index in [2.05, 4.69) is 15.3 Å². The van der Waals surface area contributed by atoms with Gasteiger partial charge in [0.05, 0.1) is 23.5 Å². The van der Waals surface area contributed by atoms with Crippen LogP contribution >= 0.6 is 0 Å². The van der Waals surface area contributed by atoms with Crippen molar-refractivity contribution in [2.24, 2.45) is 0 Å². The molecule has 9 heteroatoms. The standard InChI is InChI=1S/C23H19F3N4O2/c1-12-7-19-18(10-27-12)17-8-15(24)9-28-21(17)13(2)23(32)30(19)11-20(31)29-16-5-3-14(4-6-16)22(25)26/h3-10,13,22H,11H2,1-2H3,(H,29,31)/t13-/m1/s1. The molecule has 0 radical (unpaired) electrons. The molecule has 0 saturated heterocycles. The molecule has 0 unspecified atom stereocenters. The first-order valence-corrected chi connectivity index (χ1v) is 9.86. The number of benzene rings is 1. The number of alkyl halides is 2. The minimum absolute atomic E-state index is 0.158. The molecule has 3 aromatic rings. The summed E-state index contributed by atoms with van der Waals surface area (Å²) in [6, 6.07) is 8.15. The zero-order valence-corrected chi connectivity index (χ0v) is 17.3. The largest absolute Gasteiger partial charge is 0.325 e. The van der Waals surface area contributed by atoms with E-state index < -0.39 is 24.1 Å². The lowest BCUT2D eigenvalue weighted by Gasteiger charge is -2.24. The number of nitrogens with zero attached hydrogens (tertiary/aromatic N) is 3. The maximum atomic E-state index is 14.0. The van der Waals surface area contributed by atoms with Crippen molar-refractivity contribution in [2.75, 3.05) is 16.8 Å². The van der Waals surface area contributed by atoms with E-state index in [1.807, 2.05) is 0 Å². The van der Waals surface area contributed by atoms with Gasteiger partial charge in [0.2, 0.25) is 11.8 Å². The Balaban J connectivity index is 1.67. The first kappa shape index (κ1) is 21.5. The third-order valence-electron chi connectivity index (χ3n) is 5.28. The number of hydrogen-bond donors (Lipinski definition) is 1. The van der Waals surface area contributed by atoms with Crippen LogP contribution in [0.5, 0.6) is 0 Å². The van der Waals surface area contributed by atoms with Crippen LogP contribution in [0, 0.1) is 12.7 Å². The van der Waals surface area contributed by atoms with E-state index in [1.54, 1.807) is 19.9 Å². The molecular weight excluding hydrogens is 421 g/mol. The van der Waals surface area contributed by atoms with Gasteiger partial charge < -0.3 is 10.2 Å². The predicted octanol–water partition coefficient (Wildman–Crippen LogP) is 4.62. The maximum Gasteiger partial charge on any atom is 0.263 e. The molecule has 1 aliphatic heterocycles. The van der Waals surface area contributed by atoms with Gasteiger partial charge in [-0.1, -0.05) is 12.1 Å². The summed E-state index contributed by atoms with van der Waals surface area (Å²) in [5.41, 5.74) is 2.53. The molecule has 1 aromatic carbocycles. The number of hydrogen-bond acceptors (Lipinski definition) is 4. The predicted molar refractivity (Wildman–Crippen MR) is 113 cm³/mol. The summed E-state index contributed by atoms with van der Waals surface area (Å²) in [6.07, 6.45) is -0.0245. The second-order valence-corrected chi connectivity index (χ2v) is 7.55. The lowest BCUT2D eigenvalue weighted by Crippen LogP contribution is -2.40. The van der Waals surface area contributed by atoms with Crippen LogP contribution < -0.4 is 10.2 Å². The van der Waals surface area contributed by atoms with E-state index >= 15 is 0 Å². The topological polar surface area (TPSA) is 75.2 Å². The van der Waals surface area contributed by atoms with Crippen molar-refractivity contribution in [3.05, 3.63) is 71.6 Å². The SMILES string of the molecule is Cc1cc2c(cn1)-c1cc(F)cnc1[C@@H](C)C(=O)N2CC(=O)Nc1ccc(C(F)F)cc1. The quantitative estimate of drug-likeness (QED) is 0.643. The van der Waals surface area contributed by atoms with Crippen LogP contribution in [0.3, 0.4) is 0 Å². The number of nitrogens with one attached hydrogen (secondary N) is 1. The highest BCUT2D eigenvalue weighted by atomic mass is 19.3. The number of rotatable bonds is 4. The van der Waals surface area contributed by atoms with E-state index in [-0.39, 0.29) is 18.0 Å². The molecule has 1 N–H and O–H groups in total. The third kappa shape index (κ3) is 4.05. The Bertz CT molecular complexity index is 1200. The van der Waals surface area contributed by atoms with E-state index in [0.717, 1.165) is 6.20 Å². The molecule has 6 nitrogen and oxygen atoms in total. The van der Waals surface area contributed by atoms with Gasteiger partial charge in [-0.2, -0.15) is 0 Å². The minimum Gasteiger partial charge on any atom is -0.325 e. The number of carbonyl (C=O) groups is 2. The average molecular weight is 440 g/mol. The smallest absolute Gasteiger partial charge is 0.263 e. The normalized spacial score (nSPS) is 15.2. The monoisotopic (exact) mass is 440 g/mol. The van der Waals surface area contributed by atoms with Gasteiger partial charge in [0.1, 0.15) is 12.4 Å². The summed E-state index contributed by atoms with van der Waals surface area (Å²) in [6.45, 7) is 3.06. The van der Waals surface area contributed by atoms with Crippen LogP contribution in [0.2, 0.25) is 0 Å². The van der Waals surface area contributed by atoms with Crippen molar-refractivity contribution in [3.8, 4) is 11.1 Å². The van der Waals surface area contributed by atoms with Gasteiger partial charge in [-0.05, 0) is 38.1 Å². The van der Waals surface area contributed by atoms with Gasteiger partial charge >= 0.3 is 0 Å². The van der Waals surface area contributed by atoms with Crippen molar-refractivity contribution < 1.29 is 22.8 Å². The van der Waals surface area contributed by atoms with E-state index in [4.69, 9.17) is 0 Å². The molecule has 164 valence electrons. The maximum absolute atomic E-state index is 14.0. The van der Waals surface area contributed by atoms with Crippen molar-refractivity contribution in [3.63, 3.8) is 0 Å². The summed E-state index contributed by atoms with van der Waals surface area (Å²) in [7, 11) is 0. The van der Waals surface area contributed by atoms with Crippen molar-refractivity contribution in [2.45, 2.75) is 26.2 Å². The van der Waals surface area contributed by atoms with Crippen molar-refractivity contribution in [1.82, 2.24) is 9.97 Å². The Morgan fingerprint density at radius 3 is 2.53 bits per heavy atom. The molecule has 0 fully saturated rings. The first-order chi connectivity index (χ1) is 15.2. The van der Waals surface area contributed by atoms with Crippen LogP contribution in [0.4, 0.5) is 24.5 Å². The number of aromatic nitrogens is 2. The summed E-state index contributed by atoms with van der Waals surface area (Å²) in [4.78, 5) is 35.7. The van der Waals surface area contributed by atoms with Gasteiger partial charge in [0.25, 0.3) is 6.43 Å². The second-order valence-electron chi connectivity index (χ2n) is 7.55. The molecule has 0 saturated carbocycles. The number of carbonyl (C=O) groups excluding carboxylic acids is 2. The molecule has 0 bridgehead atoms. The highest BCUT2D eigenvalue weighted by Crippen LogP contribution is 2.40. The summed E-state index contributed by atoms with van der Waals surface area (Å²) in [5.74, 6) is -2.16. The Morgan fingerprint density at radius 1 is 1.12 bits per heavy atom. The molecule has 1 atom stereocenters. The van der Waals surface area contributed by atoms with Gasteiger partial charge in [0, 0.05) is 34.3 Å². The Labute approximate surface area is 182 Å². The zero-order valence-electron chi connectivity index (χ0n) is 17.3. The molecule has 32 heavy (non-hydrogen) atoms. The van der Waals surface area contributed by atoms with Crippen molar-refractivity contribution >= 4 is 23.2 Å². The highest BCUT2D eigenvalue weighted by molar-refractivity contribution is 6.09. The first-order valence-electron chi connectivity index (χ1n) is 9.86. The van der Waals surface area contributed by atoms with Crippen LogP contribution in [-0.4, -0.2) is 28.3 Å². The number of halogens is 3. The molecule has 3 heterocycles. The van der Waals surface area contributed by atoms with Crippen LogP contribution in [-0.2, 0) is 9.59 Å². The zero-order chi connectivity index (χ0) is 23.0. The summed E-state index contributed by atoms with van der Waals surface area (Å²) < 4.78 is 39.4. The molecule has 2 amide bonds. The minimum atomic E-state index is -2.61. The number of anilines is 2. The van der Waals surface area contributed by atoms with Gasteiger partial charge in [-0.15, -0.1) is 0 Å². The number of amides is 2. The van der Waals surface area contributed by atoms with Crippen LogP contribution in [0.1, 0.15) is 36.2 Å². The fraction of sp³-hybridized carbons (Fsp3) is 0.217. The van der Waals surface area contributed by atoms with E-state index in [9.17, 15) is 22.8 Å². The lowest BCUT2D eigenvalue weighted by atomic mass is 9.98. The van der Waals surface area contributed by atoms with Gasteiger partial charge in [0.15, 0.2) is 0 Å². The fourth-order valence-corrected chi connectivity index (χ4v) is 3.68. The molecule has 0 aliphatic carbocycles. The van der Waals surface area contributed by atoms with Gasteiger partial charge in [-0.25, -0.2) is 13.2 Å². The Kier molecular flexibility index (Phi) is 5.65. The van der Waals surface area contributed by atoms with Crippen LogP contribution in [0.15, 0.2) is 48.8 Å². The van der Waals surface area contributed by atoms with Gasteiger partial charge in [-0.3, -0.25) is 19.6 Å². The summed E-state index contributed by atoms with van der Waals surface area (Å²) in [5, 5.41) is 2.62. The number of fused-ring (bicyclic) bond motifs is 3. The average Bonchev–Trinajstić information content (AvgIpc) is 2.83. The lowest BCUT2D eigenvalue weighted by molar-refractivity contribution is -0.122. The molecular formula is C23H19F3N4O2. The molecule has 4 rings (SSSR count). The molecule has 1 aliphatic rings. The Hall–Kier alpha value is -3.75. The Morgan fingerprint density at radius 2 is 1.84 bits per heavy atom. The van der Waals surface area contributed by atoms with E-state index in [0.29, 0.717) is 33.9 Å². The van der Waals surface area contributed by atoms with Crippen molar-refractivity contribution in [1.29, 1.82) is 0 Å². The third-order valence-corrected chi connectivity index (χ3v) is 5.28. The number of aryl methyl sites for hydroxylation is 1. The van der Waals surface area contributed by atoms with E-state index in [1.165, 1.54) is 41.4 Å².